The maximum atomic E-state index is 13.1. The number of aryl methyl sites for hydroxylation is 1. The number of aromatic nitrogens is 3. The number of carbonyl (C=O) groups excluding carboxylic acids is 1. The fraction of sp³-hybridized carbons (Fsp3) is 0.345. The van der Waals surface area contributed by atoms with Gasteiger partial charge in [0.1, 0.15) is 5.75 Å². The molecule has 0 spiro atoms. The number of halogens is 2. The van der Waals surface area contributed by atoms with E-state index in [2.05, 4.69) is 30.2 Å². The molecule has 210 valence electrons. The Balaban J connectivity index is 1.25. The van der Waals surface area contributed by atoms with Crippen molar-refractivity contribution in [3.05, 3.63) is 72.2 Å². The third kappa shape index (κ3) is 6.37. The van der Waals surface area contributed by atoms with Crippen molar-refractivity contribution >= 4 is 23.1 Å². The van der Waals surface area contributed by atoms with Gasteiger partial charge in [-0.3, -0.25) is 9.20 Å². The van der Waals surface area contributed by atoms with E-state index < -0.39 is 6.61 Å². The molecule has 1 amide bonds. The predicted octanol–water partition coefficient (Wildman–Crippen LogP) is 4.42. The monoisotopic (exact) mass is 549 g/mol. The van der Waals surface area contributed by atoms with Crippen molar-refractivity contribution < 1.29 is 18.3 Å². The number of hydrogen-bond acceptors (Lipinski definition) is 7. The molecule has 1 aliphatic rings. The second-order valence-electron chi connectivity index (χ2n) is 9.84. The second kappa shape index (κ2) is 12.4. The first-order valence-corrected chi connectivity index (χ1v) is 13.3. The van der Waals surface area contributed by atoms with Gasteiger partial charge in [-0.15, -0.1) is 0 Å². The van der Waals surface area contributed by atoms with Crippen molar-refractivity contribution in [2.75, 3.05) is 51.6 Å². The van der Waals surface area contributed by atoms with Gasteiger partial charge in [-0.2, -0.15) is 8.78 Å². The summed E-state index contributed by atoms with van der Waals surface area (Å²) in [6, 6.07) is 12.0. The number of benzene rings is 2. The van der Waals surface area contributed by atoms with Crippen molar-refractivity contribution in [2.45, 2.75) is 20.0 Å². The normalized spacial score (nSPS) is 14.0. The van der Waals surface area contributed by atoms with Crippen LogP contribution in [0.3, 0.4) is 0 Å². The number of ether oxygens (including phenoxy) is 1. The highest BCUT2D eigenvalue weighted by Crippen LogP contribution is 2.28. The SMILES string of the molecule is Cc1cc(Nc2nccn3c(-c4ccc(OC(F)F)cc4)cnc23)ccc1C(=O)N(C)CCCN1CCNCC1. The van der Waals surface area contributed by atoms with Gasteiger partial charge < -0.3 is 25.2 Å². The number of hydrogen-bond donors (Lipinski definition) is 2. The Labute approximate surface area is 231 Å². The summed E-state index contributed by atoms with van der Waals surface area (Å²) in [5, 5.41) is 6.68. The van der Waals surface area contributed by atoms with Gasteiger partial charge in [0.2, 0.25) is 0 Å². The van der Waals surface area contributed by atoms with E-state index in [4.69, 9.17) is 0 Å². The minimum Gasteiger partial charge on any atom is -0.435 e. The van der Waals surface area contributed by atoms with Gasteiger partial charge in [-0.25, -0.2) is 9.97 Å². The summed E-state index contributed by atoms with van der Waals surface area (Å²) in [4.78, 5) is 26.3. The number of piperazine rings is 1. The second-order valence-corrected chi connectivity index (χ2v) is 9.84. The average Bonchev–Trinajstić information content (AvgIpc) is 3.39. The van der Waals surface area contributed by atoms with Gasteiger partial charge in [0.15, 0.2) is 11.5 Å². The Hall–Kier alpha value is -4.09. The molecule has 0 bridgehead atoms. The van der Waals surface area contributed by atoms with Gasteiger partial charge >= 0.3 is 6.61 Å². The lowest BCUT2D eigenvalue weighted by Crippen LogP contribution is -2.44. The van der Waals surface area contributed by atoms with Gasteiger partial charge in [0.05, 0.1) is 11.9 Å². The lowest BCUT2D eigenvalue weighted by atomic mass is 10.1. The molecule has 4 aromatic rings. The Kier molecular flexibility index (Phi) is 8.51. The smallest absolute Gasteiger partial charge is 0.387 e. The molecule has 11 heteroatoms. The largest absolute Gasteiger partial charge is 0.435 e. The van der Waals surface area contributed by atoms with Crippen LogP contribution in [0.4, 0.5) is 20.3 Å². The molecule has 0 aliphatic carbocycles. The molecule has 0 atom stereocenters. The van der Waals surface area contributed by atoms with Crippen LogP contribution in [0, 0.1) is 6.92 Å². The fourth-order valence-electron chi connectivity index (χ4n) is 4.92. The molecule has 0 unspecified atom stereocenters. The maximum absolute atomic E-state index is 13.1. The summed E-state index contributed by atoms with van der Waals surface area (Å²) < 4.78 is 31.3. The quantitative estimate of drug-likeness (QED) is 0.303. The number of alkyl halides is 2. The highest BCUT2D eigenvalue weighted by atomic mass is 19.3. The van der Waals surface area contributed by atoms with Gasteiger partial charge in [0.25, 0.3) is 5.91 Å². The summed E-state index contributed by atoms with van der Waals surface area (Å²) in [6.07, 6.45) is 6.10. The summed E-state index contributed by atoms with van der Waals surface area (Å²) in [5.74, 6) is 0.651. The molecule has 5 rings (SSSR count). The van der Waals surface area contributed by atoms with Gasteiger partial charge in [-0.05, 0) is 67.9 Å². The number of nitrogens with zero attached hydrogens (tertiary/aromatic N) is 5. The molecule has 2 aromatic heterocycles. The molecule has 0 radical (unpaired) electrons. The first-order valence-electron chi connectivity index (χ1n) is 13.3. The van der Waals surface area contributed by atoms with Crippen molar-refractivity contribution in [1.29, 1.82) is 0 Å². The Bertz CT molecular complexity index is 1450. The van der Waals surface area contributed by atoms with Crippen LogP contribution in [0.5, 0.6) is 5.75 Å². The average molecular weight is 550 g/mol. The number of nitrogens with one attached hydrogen (secondary N) is 2. The lowest BCUT2D eigenvalue weighted by Gasteiger charge is -2.28. The minimum absolute atomic E-state index is 0.00690. The third-order valence-corrected chi connectivity index (χ3v) is 7.05. The fourth-order valence-corrected chi connectivity index (χ4v) is 4.92. The zero-order chi connectivity index (χ0) is 28.1. The standard InChI is InChI=1S/C29H33F2N7O2/c1-20-18-22(6-9-24(20)28(39)36(2)13-3-14-37-15-10-32-11-16-37)35-26-27-34-19-25(38(27)17-12-33-26)21-4-7-23(8-5-21)40-29(30)31/h4-9,12,17-19,29,32H,3,10-11,13-16H2,1-2H3,(H,33,35). The summed E-state index contributed by atoms with van der Waals surface area (Å²) in [5.41, 5.74) is 4.50. The first kappa shape index (κ1) is 27.5. The lowest BCUT2D eigenvalue weighted by molar-refractivity contribution is -0.0498. The minimum atomic E-state index is -2.87. The molecule has 2 N–H and O–H groups in total. The molecule has 9 nitrogen and oxygen atoms in total. The van der Waals surface area contributed by atoms with Crippen molar-refractivity contribution in [2.24, 2.45) is 0 Å². The van der Waals surface area contributed by atoms with Crippen LogP contribution in [0.15, 0.2) is 61.1 Å². The summed E-state index contributed by atoms with van der Waals surface area (Å²) >= 11 is 0. The number of carbonyl (C=O) groups is 1. The molecule has 0 saturated carbocycles. The van der Waals surface area contributed by atoms with Crippen LogP contribution < -0.4 is 15.4 Å². The Morgan fingerprint density at radius 1 is 1.15 bits per heavy atom. The molecule has 2 aromatic carbocycles. The van der Waals surface area contributed by atoms with Crippen LogP contribution in [0.25, 0.3) is 16.9 Å². The van der Waals surface area contributed by atoms with Crippen LogP contribution in [0.2, 0.25) is 0 Å². The molecule has 40 heavy (non-hydrogen) atoms. The highest BCUT2D eigenvalue weighted by molar-refractivity contribution is 5.96. The van der Waals surface area contributed by atoms with E-state index in [1.165, 1.54) is 12.1 Å². The van der Waals surface area contributed by atoms with Gasteiger partial charge in [-0.1, -0.05) is 0 Å². The number of fused-ring (bicyclic) bond motifs is 1. The van der Waals surface area contributed by atoms with E-state index >= 15 is 0 Å². The van der Waals surface area contributed by atoms with Crippen LogP contribution in [0.1, 0.15) is 22.3 Å². The third-order valence-electron chi connectivity index (χ3n) is 7.05. The van der Waals surface area contributed by atoms with Crippen molar-refractivity contribution in [1.82, 2.24) is 29.5 Å². The van der Waals surface area contributed by atoms with E-state index in [1.807, 2.05) is 36.6 Å². The molecule has 1 aliphatic heterocycles. The number of anilines is 2. The summed E-state index contributed by atoms with van der Waals surface area (Å²) in [6.45, 7) is 4.91. The molecule has 1 fully saturated rings. The molecule has 1 saturated heterocycles. The Morgan fingerprint density at radius 3 is 2.65 bits per heavy atom. The predicted molar refractivity (Wildman–Crippen MR) is 150 cm³/mol. The molecule has 3 heterocycles. The van der Waals surface area contributed by atoms with Crippen LogP contribution in [-0.2, 0) is 0 Å². The first-order chi connectivity index (χ1) is 19.4. The molecular formula is C29H33F2N7O2. The van der Waals surface area contributed by atoms with E-state index in [1.54, 1.807) is 35.6 Å². The maximum Gasteiger partial charge on any atom is 0.387 e. The van der Waals surface area contributed by atoms with E-state index in [0.29, 0.717) is 23.6 Å². The summed E-state index contributed by atoms with van der Waals surface area (Å²) in [7, 11) is 1.85. The van der Waals surface area contributed by atoms with Crippen LogP contribution >= 0.6 is 0 Å². The van der Waals surface area contributed by atoms with Crippen molar-refractivity contribution in [3.8, 4) is 17.0 Å². The zero-order valence-corrected chi connectivity index (χ0v) is 22.6. The number of imidazole rings is 1. The highest BCUT2D eigenvalue weighted by Gasteiger charge is 2.17. The zero-order valence-electron chi connectivity index (χ0n) is 22.6. The topological polar surface area (TPSA) is 87.0 Å². The van der Waals surface area contributed by atoms with Crippen LogP contribution in [-0.4, -0.2) is 83.0 Å². The van der Waals surface area contributed by atoms with E-state index in [0.717, 1.165) is 61.7 Å². The number of amides is 1. The van der Waals surface area contributed by atoms with E-state index in [9.17, 15) is 13.6 Å². The number of rotatable bonds is 10. The Morgan fingerprint density at radius 2 is 1.93 bits per heavy atom. The molecular weight excluding hydrogens is 516 g/mol. The van der Waals surface area contributed by atoms with Crippen molar-refractivity contribution in [3.63, 3.8) is 0 Å². The van der Waals surface area contributed by atoms with E-state index in [-0.39, 0.29) is 11.7 Å². The van der Waals surface area contributed by atoms with Gasteiger partial charge in [0, 0.05) is 69.0 Å².